The first-order chi connectivity index (χ1) is 16.6. The van der Waals surface area contributed by atoms with Gasteiger partial charge in [0.1, 0.15) is 0 Å². The topological polar surface area (TPSA) is 98.7 Å². The van der Waals surface area contributed by atoms with Crippen LogP contribution in [0.5, 0.6) is 0 Å². The average molecular weight is 469 g/mol. The quantitative estimate of drug-likeness (QED) is 0.522. The zero-order valence-electron chi connectivity index (χ0n) is 20.2. The van der Waals surface area contributed by atoms with E-state index in [0.29, 0.717) is 24.4 Å². The molecule has 2 aliphatic rings. The van der Waals surface area contributed by atoms with Gasteiger partial charge in [0, 0.05) is 61.8 Å². The van der Waals surface area contributed by atoms with Crippen LogP contribution in [0, 0.1) is 5.92 Å². The van der Waals surface area contributed by atoms with Gasteiger partial charge in [0.25, 0.3) is 0 Å². The molecule has 0 bridgehead atoms. The maximum absolute atomic E-state index is 10.0. The third-order valence-electron chi connectivity index (χ3n) is 7.18. The first-order valence-electron chi connectivity index (χ1n) is 12.5. The Bertz CT molecular complexity index is 1080. The molecule has 0 spiro atoms. The molecule has 0 radical (unpaired) electrons. The van der Waals surface area contributed by atoms with Gasteiger partial charge in [0.2, 0.25) is 5.95 Å². The standard InChI is InChI=1S/C25H36N6O3/c1-17(16-33-2)28-25-26-13-24-22(11-23(31(24)29-25)19-3-5-21(32)6-4-19)20-12-27-30(15-20)14-18-7-9-34-10-8-18/h11-13,15,17-19,21,32H,3-10,14,16H2,1-2H3,(H,28,29)/t17-,19-,21-/m0/s1. The maximum atomic E-state index is 10.0. The Morgan fingerprint density at radius 2 is 1.97 bits per heavy atom. The van der Waals surface area contributed by atoms with Crippen LogP contribution < -0.4 is 5.32 Å². The van der Waals surface area contributed by atoms with Crippen molar-refractivity contribution in [1.29, 1.82) is 0 Å². The Morgan fingerprint density at radius 3 is 2.74 bits per heavy atom. The summed E-state index contributed by atoms with van der Waals surface area (Å²) in [4.78, 5) is 4.61. The highest BCUT2D eigenvalue weighted by atomic mass is 16.5. The molecule has 1 aliphatic carbocycles. The van der Waals surface area contributed by atoms with Crippen molar-refractivity contribution in [3.05, 3.63) is 30.4 Å². The molecule has 34 heavy (non-hydrogen) atoms. The summed E-state index contributed by atoms with van der Waals surface area (Å²) in [5.41, 5.74) is 4.36. The average Bonchev–Trinajstić information content (AvgIpc) is 3.45. The van der Waals surface area contributed by atoms with Crippen molar-refractivity contribution in [2.75, 3.05) is 32.2 Å². The third kappa shape index (κ3) is 5.11. The van der Waals surface area contributed by atoms with Gasteiger partial charge in [-0.3, -0.25) is 4.68 Å². The Balaban J connectivity index is 1.46. The van der Waals surface area contributed by atoms with E-state index in [1.165, 1.54) is 5.69 Å². The lowest BCUT2D eigenvalue weighted by molar-refractivity contribution is 0.0601. The fourth-order valence-electron chi connectivity index (χ4n) is 5.28. The lowest BCUT2D eigenvalue weighted by Gasteiger charge is -2.25. The van der Waals surface area contributed by atoms with Crippen LogP contribution in [-0.2, 0) is 16.0 Å². The summed E-state index contributed by atoms with van der Waals surface area (Å²) >= 11 is 0. The van der Waals surface area contributed by atoms with Gasteiger partial charge in [0.15, 0.2) is 0 Å². The number of fused-ring (bicyclic) bond motifs is 1. The molecule has 2 N–H and O–H groups in total. The molecular weight excluding hydrogens is 432 g/mol. The lowest BCUT2D eigenvalue weighted by atomic mass is 9.85. The van der Waals surface area contributed by atoms with Crippen LogP contribution in [0.2, 0.25) is 0 Å². The van der Waals surface area contributed by atoms with Crippen LogP contribution in [-0.4, -0.2) is 68.6 Å². The molecule has 3 aromatic heterocycles. The summed E-state index contributed by atoms with van der Waals surface area (Å²) < 4.78 is 14.9. The minimum Gasteiger partial charge on any atom is -0.393 e. The molecule has 0 aromatic carbocycles. The number of nitrogens with one attached hydrogen (secondary N) is 1. The molecule has 3 aromatic rings. The minimum absolute atomic E-state index is 0.106. The van der Waals surface area contributed by atoms with Gasteiger partial charge in [-0.25, -0.2) is 9.50 Å². The summed E-state index contributed by atoms with van der Waals surface area (Å²) in [6.07, 6.45) is 11.6. The van der Waals surface area contributed by atoms with Gasteiger partial charge in [-0.2, -0.15) is 5.10 Å². The fourth-order valence-corrected chi connectivity index (χ4v) is 5.28. The molecule has 2 fully saturated rings. The number of ether oxygens (including phenoxy) is 2. The highest BCUT2D eigenvalue weighted by Crippen LogP contribution is 2.37. The molecule has 5 rings (SSSR count). The maximum Gasteiger partial charge on any atom is 0.241 e. The molecule has 1 atom stereocenters. The van der Waals surface area contributed by atoms with E-state index in [4.69, 9.17) is 14.6 Å². The summed E-state index contributed by atoms with van der Waals surface area (Å²) in [5, 5.41) is 22.9. The van der Waals surface area contributed by atoms with Gasteiger partial charge in [-0.05, 0) is 57.4 Å². The number of hydrogen-bond acceptors (Lipinski definition) is 7. The molecule has 9 nitrogen and oxygen atoms in total. The smallest absolute Gasteiger partial charge is 0.241 e. The SMILES string of the molecule is COC[C@H](C)Nc1ncc2c(-c3cnn(CC4CCOCC4)c3)cc([C@H]3CC[C@H](O)CC3)n2n1. The summed E-state index contributed by atoms with van der Waals surface area (Å²) in [6.45, 7) is 5.25. The van der Waals surface area contributed by atoms with Gasteiger partial charge in [-0.15, -0.1) is 5.10 Å². The van der Waals surface area contributed by atoms with E-state index in [9.17, 15) is 5.11 Å². The number of rotatable bonds is 8. The van der Waals surface area contributed by atoms with Gasteiger partial charge < -0.3 is 19.9 Å². The van der Waals surface area contributed by atoms with Crippen LogP contribution in [0.15, 0.2) is 24.7 Å². The predicted molar refractivity (Wildman–Crippen MR) is 130 cm³/mol. The normalized spacial score (nSPS) is 22.8. The van der Waals surface area contributed by atoms with Crippen molar-refractivity contribution in [3.8, 4) is 11.1 Å². The molecule has 4 heterocycles. The van der Waals surface area contributed by atoms with E-state index in [-0.39, 0.29) is 12.1 Å². The second-order valence-electron chi connectivity index (χ2n) is 9.87. The lowest BCUT2D eigenvalue weighted by Crippen LogP contribution is -2.23. The van der Waals surface area contributed by atoms with Crippen molar-refractivity contribution in [2.24, 2.45) is 5.92 Å². The van der Waals surface area contributed by atoms with Crippen molar-refractivity contribution in [1.82, 2.24) is 24.4 Å². The van der Waals surface area contributed by atoms with Crippen LogP contribution >= 0.6 is 0 Å². The molecular formula is C25H36N6O3. The highest BCUT2D eigenvalue weighted by Gasteiger charge is 2.26. The Labute approximate surface area is 200 Å². The third-order valence-corrected chi connectivity index (χ3v) is 7.18. The van der Waals surface area contributed by atoms with Crippen LogP contribution in [0.1, 0.15) is 57.1 Å². The van der Waals surface area contributed by atoms with Gasteiger partial charge in [-0.1, -0.05) is 0 Å². The van der Waals surface area contributed by atoms with E-state index >= 15 is 0 Å². The van der Waals surface area contributed by atoms with Gasteiger partial charge >= 0.3 is 0 Å². The molecule has 0 amide bonds. The van der Waals surface area contributed by atoms with E-state index in [1.54, 1.807) is 7.11 Å². The number of nitrogens with zero attached hydrogens (tertiary/aromatic N) is 5. The Morgan fingerprint density at radius 1 is 1.18 bits per heavy atom. The molecule has 1 aliphatic heterocycles. The van der Waals surface area contributed by atoms with Crippen LogP contribution in [0.25, 0.3) is 16.6 Å². The van der Waals surface area contributed by atoms with Crippen molar-refractivity contribution in [2.45, 2.75) is 70.1 Å². The Hall–Kier alpha value is -2.49. The van der Waals surface area contributed by atoms with E-state index in [0.717, 1.165) is 74.9 Å². The number of anilines is 1. The first kappa shape index (κ1) is 23.3. The first-order valence-corrected chi connectivity index (χ1v) is 12.5. The van der Waals surface area contributed by atoms with Crippen molar-refractivity contribution in [3.63, 3.8) is 0 Å². The number of hydrogen-bond donors (Lipinski definition) is 2. The number of aliphatic hydroxyl groups excluding tert-OH is 1. The van der Waals surface area contributed by atoms with E-state index < -0.39 is 0 Å². The molecule has 1 saturated carbocycles. The number of methoxy groups -OCH3 is 1. The second kappa shape index (κ2) is 10.4. The van der Waals surface area contributed by atoms with E-state index in [1.807, 2.05) is 16.9 Å². The second-order valence-corrected chi connectivity index (χ2v) is 9.87. The highest BCUT2D eigenvalue weighted by molar-refractivity contribution is 5.81. The summed E-state index contributed by atoms with van der Waals surface area (Å²) in [7, 11) is 1.69. The minimum atomic E-state index is -0.188. The zero-order chi connectivity index (χ0) is 23.5. The monoisotopic (exact) mass is 468 g/mol. The van der Waals surface area contributed by atoms with Crippen molar-refractivity contribution >= 4 is 11.5 Å². The predicted octanol–water partition coefficient (Wildman–Crippen LogP) is 3.48. The molecule has 1 saturated heterocycles. The Kier molecular flexibility index (Phi) is 7.12. The van der Waals surface area contributed by atoms with Crippen LogP contribution in [0.4, 0.5) is 5.95 Å². The molecule has 0 unspecified atom stereocenters. The number of aromatic nitrogens is 5. The fraction of sp³-hybridized carbons (Fsp3) is 0.640. The van der Waals surface area contributed by atoms with Gasteiger partial charge in [0.05, 0.1) is 30.6 Å². The zero-order valence-corrected chi connectivity index (χ0v) is 20.2. The largest absolute Gasteiger partial charge is 0.393 e. The molecule has 9 heteroatoms. The summed E-state index contributed by atoms with van der Waals surface area (Å²) in [5.74, 6) is 1.56. The van der Waals surface area contributed by atoms with E-state index in [2.05, 4.69) is 39.3 Å². The molecule has 184 valence electrons. The summed E-state index contributed by atoms with van der Waals surface area (Å²) in [6, 6.07) is 2.36. The van der Waals surface area contributed by atoms with Crippen molar-refractivity contribution < 1.29 is 14.6 Å². The number of aliphatic hydroxyl groups is 1. The van der Waals surface area contributed by atoms with Crippen LogP contribution in [0.3, 0.4) is 0 Å².